The number of hydrogen-bond donors (Lipinski definition) is 0. The molecule has 1 fully saturated rings. The molecular formula is C19H17Cl2N3O. The fraction of sp³-hybridized carbons (Fsp3) is 0.263. The molecule has 3 heterocycles. The summed E-state index contributed by atoms with van der Waals surface area (Å²) in [6, 6.07) is 11.5. The number of fused-ring (bicyclic) bond motifs is 1. The third-order valence-electron chi connectivity index (χ3n) is 4.57. The van der Waals surface area contributed by atoms with E-state index in [1.54, 1.807) is 12.3 Å². The first kappa shape index (κ1) is 16.4. The molecule has 0 saturated carbocycles. The van der Waals surface area contributed by atoms with Crippen molar-refractivity contribution in [2.24, 2.45) is 0 Å². The lowest BCUT2D eigenvalue weighted by Gasteiger charge is -2.15. The van der Waals surface area contributed by atoms with Crippen LogP contribution in [0, 0.1) is 0 Å². The van der Waals surface area contributed by atoms with E-state index >= 15 is 0 Å². The van der Waals surface area contributed by atoms with Gasteiger partial charge in [0.2, 0.25) is 5.91 Å². The predicted octanol–water partition coefficient (Wildman–Crippen LogP) is 4.47. The molecule has 1 aliphatic heterocycles. The van der Waals surface area contributed by atoms with Gasteiger partial charge in [-0.05, 0) is 18.9 Å². The van der Waals surface area contributed by atoms with Crippen molar-refractivity contribution < 1.29 is 4.79 Å². The smallest absolute Gasteiger partial charge is 0.228 e. The number of pyridine rings is 1. The van der Waals surface area contributed by atoms with Crippen molar-refractivity contribution in [2.45, 2.75) is 19.3 Å². The van der Waals surface area contributed by atoms with E-state index < -0.39 is 0 Å². The van der Waals surface area contributed by atoms with Gasteiger partial charge < -0.3 is 9.30 Å². The van der Waals surface area contributed by atoms with Gasteiger partial charge in [0.05, 0.1) is 27.9 Å². The predicted molar refractivity (Wildman–Crippen MR) is 100 cm³/mol. The first-order valence-corrected chi connectivity index (χ1v) is 9.08. The minimum atomic E-state index is 0.118. The molecular weight excluding hydrogens is 357 g/mol. The highest BCUT2D eigenvalue weighted by molar-refractivity contribution is 6.36. The number of likely N-dealkylation sites (tertiary alicyclic amines) is 1. The quantitative estimate of drug-likeness (QED) is 0.678. The largest absolute Gasteiger partial charge is 0.342 e. The number of carbonyl (C=O) groups is 1. The summed E-state index contributed by atoms with van der Waals surface area (Å²) in [7, 11) is 0. The highest BCUT2D eigenvalue weighted by Gasteiger charge is 2.23. The second-order valence-corrected chi connectivity index (χ2v) is 7.08. The summed E-state index contributed by atoms with van der Waals surface area (Å²) in [6.07, 6.45) is 4.20. The van der Waals surface area contributed by atoms with Crippen LogP contribution in [0.5, 0.6) is 0 Å². The van der Waals surface area contributed by atoms with E-state index in [1.807, 2.05) is 39.6 Å². The van der Waals surface area contributed by atoms with Gasteiger partial charge in [-0.1, -0.05) is 53.5 Å². The minimum absolute atomic E-state index is 0.118. The van der Waals surface area contributed by atoms with Crippen LogP contribution in [0.25, 0.3) is 16.9 Å². The van der Waals surface area contributed by atoms with Crippen LogP contribution in [-0.4, -0.2) is 33.3 Å². The van der Waals surface area contributed by atoms with Gasteiger partial charge in [-0.15, -0.1) is 0 Å². The molecule has 0 spiro atoms. The second kappa shape index (κ2) is 6.70. The van der Waals surface area contributed by atoms with Crippen LogP contribution in [0.1, 0.15) is 18.5 Å². The van der Waals surface area contributed by atoms with E-state index in [0.29, 0.717) is 15.7 Å². The summed E-state index contributed by atoms with van der Waals surface area (Å²) in [6.45, 7) is 1.66. The number of rotatable bonds is 3. The van der Waals surface area contributed by atoms with Gasteiger partial charge in [0, 0.05) is 24.8 Å². The van der Waals surface area contributed by atoms with Gasteiger partial charge in [-0.25, -0.2) is 4.98 Å². The van der Waals surface area contributed by atoms with E-state index in [4.69, 9.17) is 28.2 Å². The summed E-state index contributed by atoms with van der Waals surface area (Å²) in [5.74, 6) is 0.118. The number of aromatic nitrogens is 2. The van der Waals surface area contributed by atoms with Crippen LogP contribution < -0.4 is 0 Å². The Morgan fingerprint density at radius 3 is 2.56 bits per heavy atom. The van der Waals surface area contributed by atoms with E-state index in [9.17, 15) is 4.79 Å². The zero-order chi connectivity index (χ0) is 17.4. The molecule has 0 atom stereocenters. The average molecular weight is 374 g/mol. The number of carbonyl (C=O) groups excluding carboxylic acids is 1. The molecule has 3 aromatic rings. The van der Waals surface area contributed by atoms with E-state index in [1.165, 1.54) is 0 Å². The number of nitrogens with zero attached hydrogens (tertiary/aromatic N) is 3. The zero-order valence-electron chi connectivity index (χ0n) is 13.6. The van der Waals surface area contributed by atoms with Crippen LogP contribution in [-0.2, 0) is 11.2 Å². The van der Waals surface area contributed by atoms with Crippen LogP contribution in [0.15, 0.2) is 42.6 Å². The van der Waals surface area contributed by atoms with Gasteiger partial charge in [0.15, 0.2) is 5.65 Å². The summed E-state index contributed by atoms with van der Waals surface area (Å²) < 4.78 is 1.85. The molecule has 1 saturated heterocycles. The molecule has 0 radical (unpaired) electrons. The Bertz CT molecular complexity index is 931. The molecule has 0 unspecified atom stereocenters. The minimum Gasteiger partial charge on any atom is -0.342 e. The van der Waals surface area contributed by atoms with Crippen LogP contribution >= 0.6 is 23.2 Å². The number of imidazole rings is 1. The normalized spacial score (nSPS) is 14.4. The molecule has 0 aliphatic carbocycles. The number of hydrogen-bond acceptors (Lipinski definition) is 2. The monoisotopic (exact) mass is 373 g/mol. The van der Waals surface area contributed by atoms with Gasteiger partial charge in [0.1, 0.15) is 0 Å². The van der Waals surface area contributed by atoms with E-state index in [2.05, 4.69) is 0 Å². The fourth-order valence-electron chi connectivity index (χ4n) is 3.34. The van der Waals surface area contributed by atoms with E-state index in [0.717, 1.165) is 42.9 Å². The Hall–Kier alpha value is -2.04. The number of halogens is 2. The summed E-state index contributed by atoms with van der Waals surface area (Å²) in [5.41, 5.74) is 3.18. The van der Waals surface area contributed by atoms with Crippen molar-refractivity contribution in [1.82, 2.24) is 14.3 Å². The molecule has 1 aromatic carbocycles. The molecule has 6 heteroatoms. The summed E-state index contributed by atoms with van der Waals surface area (Å²) in [4.78, 5) is 19.4. The molecule has 1 aliphatic rings. The molecule has 1 amide bonds. The van der Waals surface area contributed by atoms with Crippen molar-refractivity contribution in [3.05, 3.63) is 58.3 Å². The Balaban J connectivity index is 1.85. The first-order valence-electron chi connectivity index (χ1n) is 8.32. The Labute approximate surface area is 156 Å². The van der Waals surface area contributed by atoms with Crippen LogP contribution in [0.2, 0.25) is 10.0 Å². The molecule has 0 N–H and O–H groups in total. The Morgan fingerprint density at radius 1 is 1.12 bits per heavy atom. The van der Waals surface area contributed by atoms with Crippen LogP contribution in [0.4, 0.5) is 0 Å². The number of benzene rings is 1. The Kier molecular flexibility index (Phi) is 4.40. The maximum absolute atomic E-state index is 12.7. The molecule has 128 valence electrons. The van der Waals surface area contributed by atoms with Gasteiger partial charge in [-0.3, -0.25) is 4.79 Å². The first-order chi connectivity index (χ1) is 12.1. The van der Waals surface area contributed by atoms with Crippen molar-refractivity contribution >= 4 is 34.8 Å². The third kappa shape index (κ3) is 3.12. The van der Waals surface area contributed by atoms with Crippen molar-refractivity contribution in [2.75, 3.05) is 13.1 Å². The third-order valence-corrected chi connectivity index (χ3v) is 5.05. The lowest BCUT2D eigenvalue weighted by Crippen LogP contribution is -2.29. The molecule has 4 rings (SSSR count). The lowest BCUT2D eigenvalue weighted by molar-refractivity contribution is -0.129. The lowest BCUT2D eigenvalue weighted by atomic mass is 10.1. The van der Waals surface area contributed by atoms with Crippen molar-refractivity contribution in [1.29, 1.82) is 0 Å². The number of amides is 1. The average Bonchev–Trinajstić information content (AvgIpc) is 3.25. The van der Waals surface area contributed by atoms with Crippen molar-refractivity contribution in [3.8, 4) is 11.3 Å². The molecule has 2 aromatic heterocycles. The standard InChI is InChI=1S/C19H17Cl2N3O/c20-14-10-15(21)19-22-18(13-6-2-1-3-7-13)16(24(19)12-14)11-17(25)23-8-4-5-9-23/h1-3,6-7,10,12H,4-5,8-9,11H2. The van der Waals surface area contributed by atoms with Gasteiger partial charge >= 0.3 is 0 Å². The van der Waals surface area contributed by atoms with Crippen molar-refractivity contribution in [3.63, 3.8) is 0 Å². The topological polar surface area (TPSA) is 37.6 Å². The molecule has 25 heavy (non-hydrogen) atoms. The van der Waals surface area contributed by atoms with Crippen LogP contribution in [0.3, 0.4) is 0 Å². The second-order valence-electron chi connectivity index (χ2n) is 6.24. The molecule has 0 bridgehead atoms. The zero-order valence-corrected chi connectivity index (χ0v) is 15.1. The maximum Gasteiger partial charge on any atom is 0.228 e. The molecule has 4 nitrogen and oxygen atoms in total. The van der Waals surface area contributed by atoms with Gasteiger partial charge in [0.25, 0.3) is 0 Å². The fourth-order valence-corrected chi connectivity index (χ4v) is 3.85. The van der Waals surface area contributed by atoms with Gasteiger partial charge in [-0.2, -0.15) is 0 Å². The SMILES string of the molecule is O=C(Cc1c(-c2ccccc2)nc2c(Cl)cc(Cl)cn12)N1CCCC1. The maximum atomic E-state index is 12.7. The highest BCUT2D eigenvalue weighted by atomic mass is 35.5. The highest BCUT2D eigenvalue weighted by Crippen LogP contribution is 2.30. The Morgan fingerprint density at radius 2 is 1.84 bits per heavy atom. The van der Waals surface area contributed by atoms with E-state index in [-0.39, 0.29) is 12.3 Å². The summed E-state index contributed by atoms with van der Waals surface area (Å²) in [5, 5.41) is 0.994. The summed E-state index contributed by atoms with van der Waals surface area (Å²) >= 11 is 12.5.